The van der Waals surface area contributed by atoms with Crippen molar-refractivity contribution in [2.24, 2.45) is 0 Å². The van der Waals surface area contributed by atoms with Crippen molar-refractivity contribution in [2.45, 2.75) is 9.92 Å². The molecule has 1 aromatic heterocycles. The third-order valence-electron chi connectivity index (χ3n) is 4.27. The fraction of sp³-hybridized carbons (Fsp3) is 0.0952. The van der Waals surface area contributed by atoms with Gasteiger partial charge in [-0.2, -0.15) is 10.5 Å². The molecule has 2 heterocycles. The molecular weight excluding hydrogens is 408 g/mol. The first-order valence-electron chi connectivity index (χ1n) is 8.58. The number of ether oxygens (including phenoxy) is 2. The molecule has 0 radical (unpaired) electrons. The zero-order valence-corrected chi connectivity index (χ0v) is 16.5. The maximum atomic E-state index is 9.90. The Hall–Kier alpha value is -3.39. The van der Waals surface area contributed by atoms with Gasteiger partial charge in [0.1, 0.15) is 41.8 Å². The quantitative estimate of drug-likeness (QED) is 0.657. The van der Waals surface area contributed by atoms with Gasteiger partial charge >= 0.3 is 0 Å². The van der Waals surface area contributed by atoms with E-state index in [1.165, 1.54) is 11.8 Å². The second kappa shape index (κ2) is 7.92. The summed E-state index contributed by atoms with van der Waals surface area (Å²) in [6.07, 6.45) is 0. The van der Waals surface area contributed by atoms with Crippen LogP contribution >= 0.6 is 23.4 Å². The first-order valence-corrected chi connectivity index (χ1v) is 9.77. The molecular formula is C21H13ClN4O2S. The fourth-order valence-electron chi connectivity index (χ4n) is 2.97. The number of halogens is 1. The van der Waals surface area contributed by atoms with Crippen LogP contribution in [-0.2, 0) is 0 Å². The molecule has 0 aliphatic carbocycles. The number of rotatable bonds is 3. The molecule has 8 heteroatoms. The number of nitrogens with zero attached hydrogens (tertiary/aromatic N) is 3. The molecule has 0 saturated carbocycles. The van der Waals surface area contributed by atoms with Crippen molar-refractivity contribution in [3.8, 4) is 34.8 Å². The summed E-state index contributed by atoms with van der Waals surface area (Å²) in [5, 5.41) is 20.6. The zero-order valence-electron chi connectivity index (χ0n) is 15.0. The lowest BCUT2D eigenvalue weighted by atomic mass is 9.96. The highest BCUT2D eigenvalue weighted by Crippen LogP contribution is 2.41. The lowest BCUT2D eigenvalue weighted by Crippen LogP contribution is -2.15. The number of nitrogens with two attached hydrogens (primary N) is 1. The van der Waals surface area contributed by atoms with Gasteiger partial charge in [-0.25, -0.2) is 4.98 Å². The molecule has 0 fully saturated rings. The molecule has 4 rings (SSSR count). The molecule has 0 saturated heterocycles. The van der Waals surface area contributed by atoms with Crippen LogP contribution in [0.5, 0.6) is 11.5 Å². The summed E-state index contributed by atoms with van der Waals surface area (Å²) in [4.78, 5) is 5.16. The Morgan fingerprint density at radius 1 is 0.966 bits per heavy atom. The number of nitrogen functional groups attached to an aromatic ring is 1. The van der Waals surface area contributed by atoms with Crippen LogP contribution in [-0.4, -0.2) is 18.2 Å². The van der Waals surface area contributed by atoms with Crippen molar-refractivity contribution in [3.05, 3.63) is 58.6 Å². The predicted octanol–water partition coefficient (Wildman–Crippen LogP) is 4.65. The Morgan fingerprint density at radius 2 is 1.66 bits per heavy atom. The van der Waals surface area contributed by atoms with Crippen LogP contribution in [0.3, 0.4) is 0 Å². The van der Waals surface area contributed by atoms with E-state index in [1.807, 2.05) is 12.1 Å². The molecule has 29 heavy (non-hydrogen) atoms. The summed E-state index contributed by atoms with van der Waals surface area (Å²) in [7, 11) is 0. The van der Waals surface area contributed by atoms with Crippen molar-refractivity contribution in [1.29, 1.82) is 10.5 Å². The summed E-state index contributed by atoms with van der Waals surface area (Å²) in [6.45, 7) is 0.909. The smallest absolute Gasteiger partial charge is 0.161 e. The van der Waals surface area contributed by atoms with Crippen molar-refractivity contribution in [1.82, 2.24) is 4.98 Å². The van der Waals surface area contributed by atoms with Gasteiger partial charge in [0.25, 0.3) is 0 Å². The number of pyridine rings is 1. The van der Waals surface area contributed by atoms with E-state index in [4.69, 9.17) is 26.8 Å². The van der Waals surface area contributed by atoms with Crippen LogP contribution in [0.25, 0.3) is 11.1 Å². The van der Waals surface area contributed by atoms with Gasteiger partial charge < -0.3 is 15.2 Å². The third-order valence-corrected chi connectivity index (χ3v) is 5.52. The summed E-state index contributed by atoms with van der Waals surface area (Å²) in [5.74, 6) is 1.24. The average Bonchev–Trinajstić information content (AvgIpc) is 2.74. The van der Waals surface area contributed by atoms with E-state index in [0.717, 1.165) is 4.90 Å². The van der Waals surface area contributed by atoms with Crippen molar-refractivity contribution in [2.75, 3.05) is 18.9 Å². The van der Waals surface area contributed by atoms with Gasteiger partial charge in [0.2, 0.25) is 0 Å². The molecule has 6 nitrogen and oxygen atoms in total. The molecule has 1 aliphatic heterocycles. The van der Waals surface area contributed by atoms with Crippen LogP contribution < -0.4 is 15.2 Å². The lowest BCUT2D eigenvalue weighted by Gasteiger charge is -2.20. The summed E-state index contributed by atoms with van der Waals surface area (Å²) >= 11 is 7.23. The van der Waals surface area contributed by atoms with Crippen molar-refractivity contribution >= 4 is 29.2 Å². The Bertz CT molecular complexity index is 1180. The van der Waals surface area contributed by atoms with Gasteiger partial charge in [0, 0.05) is 15.5 Å². The van der Waals surface area contributed by atoms with E-state index >= 15 is 0 Å². The van der Waals surface area contributed by atoms with Gasteiger partial charge in [-0.05, 0) is 42.0 Å². The minimum atomic E-state index is 0.0628. The van der Waals surface area contributed by atoms with Gasteiger partial charge in [-0.1, -0.05) is 29.4 Å². The van der Waals surface area contributed by atoms with Crippen molar-refractivity contribution in [3.63, 3.8) is 0 Å². The highest BCUT2D eigenvalue weighted by atomic mass is 35.5. The minimum Gasteiger partial charge on any atom is -0.486 e. The first-order chi connectivity index (χ1) is 14.1. The number of hydrogen-bond donors (Lipinski definition) is 1. The van der Waals surface area contributed by atoms with Crippen LogP contribution in [0.4, 0.5) is 5.82 Å². The molecule has 1 aliphatic rings. The second-order valence-corrected chi connectivity index (χ2v) is 7.56. The predicted molar refractivity (Wildman–Crippen MR) is 110 cm³/mol. The Labute approximate surface area is 176 Å². The summed E-state index contributed by atoms with van der Waals surface area (Å²) < 4.78 is 11.2. The number of benzene rings is 2. The van der Waals surface area contributed by atoms with E-state index in [0.29, 0.717) is 45.9 Å². The normalized spacial score (nSPS) is 12.1. The molecule has 142 valence electrons. The van der Waals surface area contributed by atoms with Gasteiger partial charge in [0.15, 0.2) is 11.5 Å². The first kappa shape index (κ1) is 18.9. The standard InChI is InChI=1S/C21H13ClN4O2S/c22-13-2-4-14(5-3-13)29-21-16(11-24)19(15(10-23)20(25)26-21)12-1-6-17-18(9-12)28-8-7-27-17/h1-6,9H,7-8H2,(H2,25,26). The molecule has 0 unspecified atom stereocenters. The molecule has 0 spiro atoms. The van der Waals surface area contributed by atoms with Crippen LogP contribution in [0.1, 0.15) is 11.1 Å². The molecule has 0 bridgehead atoms. The van der Waals surface area contributed by atoms with Crippen LogP contribution in [0, 0.1) is 22.7 Å². The maximum absolute atomic E-state index is 9.90. The average molecular weight is 421 g/mol. The van der Waals surface area contributed by atoms with Gasteiger partial charge in [0.05, 0.1) is 5.56 Å². The van der Waals surface area contributed by atoms with Crippen molar-refractivity contribution < 1.29 is 9.47 Å². The number of anilines is 1. The second-order valence-electron chi connectivity index (χ2n) is 6.07. The largest absolute Gasteiger partial charge is 0.486 e. The van der Waals surface area contributed by atoms with E-state index in [1.54, 1.807) is 30.3 Å². The molecule has 2 N–H and O–H groups in total. The fourth-order valence-corrected chi connectivity index (χ4v) is 3.99. The highest BCUT2D eigenvalue weighted by Gasteiger charge is 2.22. The van der Waals surface area contributed by atoms with Gasteiger partial charge in [-0.15, -0.1) is 0 Å². The zero-order chi connectivity index (χ0) is 20.4. The lowest BCUT2D eigenvalue weighted by molar-refractivity contribution is 0.171. The minimum absolute atomic E-state index is 0.0628. The van der Waals surface area contributed by atoms with Crippen LogP contribution in [0.2, 0.25) is 5.02 Å². The third kappa shape index (κ3) is 3.66. The highest BCUT2D eigenvalue weighted by molar-refractivity contribution is 7.99. The van der Waals surface area contributed by atoms with Gasteiger partial charge in [-0.3, -0.25) is 0 Å². The summed E-state index contributed by atoms with van der Waals surface area (Å²) in [5.41, 5.74) is 7.56. The Morgan fingerprint density at radius 3 is 2.34 bits per heavy atom. The SMILES string of the molecule is N#Cc1c(N)nc(Sc2ccc(Cl)cc2)c(C#N)c1-c1ccc2c(c1)OCCO2. The maximum Gasteiger partial charge on any atom is 0.161 e. The Kier molecular flexibility index (Phi) is 5.18. The molecule has 0 amide bonds. The number of nitriles is 2. The molecule has 3 aromatic rings. The van der Waals surface area contributed by atoms with E-state index in [2.05, 4.69) is 17.1 Å². The molecule has 2 aromatic carbocycles. The van der Waals surface area contributed by atoms with E-state index in [9.17, 15) is 10.5 Å². The molecule has 0 atom stereocenters. The monoisotopic (exact) mass is 420 g/mol. The van der Waals surface area contributed by atoms with Crippen LogP contribution in [0.15, 0.2) is 52.4 Å². The van der Waals surface area contributed by atoms with E-state index < -0.39 is 0 Å². The topological polar surface area (TPSA) is 105 Å². The van der Waals surface area contributed by atoms with E-state index in [-0.39, 0.29) is 16.9 Å². The Balaban J connectivity index is 1.88. The number of hydrogen-bond acceptors (Lipinski definition) is 7. The summed E-state index contributed by atoms with van der Waals surface area (Å²) in [6, 6.07) is 16.7. The number of fused-ring (bicyclic) bond motifs is 1. The number of aromatic nitrogens is 1.